The average Bonchev–Trinajstić information content (AvgIpc) is 2.73. The Morgan fingerprint density at radius 2 is 1.64 bits per heavy atom. The van der Waals surface area contributed by atoms with E-state index in [4.69, 9.17) is 0 Å². The SMILES string of the molecule is O=C1CC(C(=O)N2CCC(C(=O)O)(c3ccccc3)CC2)c2ccccc2N1. The van der Waals surface area contributed by atoms with Gasteiger partial charge < -0.3 is 15.3 Å². The first kappa shape index (κ1) is 18.2. The fourth-order valence-electron chi connectivity index (χ4n) is 4.34. The van der Waals surface area contributed by atoms with Crippen molar-refractivity contribution in [2.24, 2.45) is 0 Å². The first-order valence-electron chi connectivity index (χ1n) is 9.48. The van der Waals surface area contributed by atoms with Crippen LogP contribution in [0.3, 0.4) is 0 Å². The predicted octanol–water partition coefficient (Wildman–Crippen LogP) is 2.76. The van der Waals surface area contributed by atoms with Gasteiger partial charge in [-0.2, -0.15) is 0 Å². The Labute approximate surface area is 163 Å². The number of hydrogen-bond donors (Lipinski definition) is 2. The highest BCUT2D eigenvalue weighted by atomic mass is 16.4. The number of hydrogen-bond acceptors (Lipinski definition) is 3. The van der Waals surface area contributed by atoms with Gasteiger partial charge in [-0.3, -0.25) is 14.4 Å². The number of piperidine rings is 1. The van der Waals surface area contributed by atoms with Gasteiger partial charge in [0.05, 0.1) is 11.3 Å². The summed E-state index contributed by atoms with van der Waals surface area (Å²) in [5.41, 5.74) is 1.31. The Hall–Kier alpha value is -3.15. The van der Waals surface area contributed by atoms with Crippen LogP contribution in [0.4, 0.5) is 5.69 Å². The van der Waals surface area contributed by atoms with Crippen molar-refractivity contribution >= 4 is 23.5 Å². The van der Waals surface area contributed by atoms with Gasteiger partial charge in [-0.25, -0.2) is 0 Å². The molecule has 2 aliphatic heterocycles. The lowest BCUT2D eigenvalue weighted by atomic mass is 9.72. The van der Waals surface area contributed by atoms with E-state index in [-0.39, 0.29) is 18.2 Å². The summed E-state index contributed by atoms with van der Waals surface area (Å²) in [5, 5.41) is 12.7. The molecule has 0 radical (unpaired) electrons. The molecule has 1 unspecified atom stereocenters. The molecule has 6 heteroatoms. The van der Waals surface area contributed by atoms with Crippen LogP contribution in [0.25, 0.3) is 0 Å². The van der Waals surface area contributed by atoms with Crippen molar-refractivity contribution in [1.82, 2.24) is 4.90 Å². The van der Waals surface area contributed by atoms with E-state index in [1.54, 1.807) is 11.0 Å². The highest BCUT2D eigenvalue weighted by Crippen LogP contribution is 2.38. The van der Waals surface area contributed by atoms with Crippen LogP contribution in [0.2, 0.25) is 0 Å². The Morgan fingerprint density at radius 3 is 2.32 bits per heavy atom. The predicted molar refractivity (Wildman–Crippen MR) is 104 cm³/mol. The molecule has 2 N–H and O–H groups in total. The summed E-state index contributed by atoms with van der Waals surface area (Å²) < 4.78 is 0. The molecule has 2 aromatic carbocycles. The topological polar surface area (TPSA) is 86.7 Å². The zero-order valence-electron chi connectivity index (χ0n) is 15.4. The number of likely N-dealkylation sites (tertiary alicyclic amines) is 1. The van der Waals surface area contributed by atoms with Crippen LogP contribution in [0.5, 0.6) is 0 Å². The fourth-order valence-corrected chi connectivity index (χ4v) is 4.34. The molecule has 2 heterocycles. The maximum atomic E-state index is 13.2. The zero-order chi connectivity index (χ0) is 19.7. The molecule has 1 saturated heterocycles. The van der Waals surface area contributed by atoms with Crippen LogP contribution in [-0.4, -0.2) is 40.9 Å². The summed E-state index contributed by atoms with van der Waals surface area (Å²) in [7, 11) is 0. The molecule has 0 aliphatic carbocycles. The Balaban J connectivity index is 1.55. The Morgan fingerprint density at radius 1 is 1.00 bits per heavy atom. The summed E-state index contributed by atoms with van der Waals surface area (Å²) in [6.07, 6.45) is 0.840. The summed E-state index contributed by atoms with van der Waals surface area (Å²) in [4.78, 5) is 39.0. The number of carbonyl (C=O) groups is 3. The molecule has 0 aromatic heterocycles. The van der Waals surface area contributed by atoms with Crippen molar-refractivity contribution in [3.05, 3.63) is 65.7 Å². The number of amides is 2. The van der Waals surface area contributed by atoms with Gasteiger partial charge in [0.1, 0.15) is 0 Å². The molecular formula is C22H22N2O4. The zero-order valence-corrected chi connectivity index (χ0v) is 15.4. The number of benzene rings is 2. The Bertz CT molecular complexity index is 917. The summed E-state index contributed by atoms with van der Waals surface area (Å²) in [5.74, 6) is -1.64. The van der Waals surface area contributed by atoms with E-state index in [1.807, 2.05) is 48.5 Å². The molecular weight excluding hydrogens is 356 g/mol. The van der Waals surface area contributed by atoms with E-state index < -0.39 is 17.3 Å². The molecule has 0 bridgehead atoms. The quantitative estimate of drug-likeness (QED) is 0.860. The third kappa shape index (κ3) is 3.05. The largest absolute Gasteiger partial charge is 0.481 e. The summed E-state index contributed by atoms with van der Waals surface area (Å²) >= 11 is 0. The van der Waals surface area contributed by atoms with Gasteiger partial charge in [-0.05, 0) is 30.0 Å². The monoisotopic (exact) mass is 378 g/mol. The number of nitrogens with zero attached hydrogens (tertiary/aromatic N) is 1. The molecule has 0 spiro atoms. The van der Waals surface area contributed by atoms with Gasteiger partial charge in [0.2, 0.25) is 11.8 Å². The third-order valence-electron chi connectivity index (χ3n) is 5.96. The van der Waals surface area contributed by atoms with Crippen LogP contribution in [0.15, 0.2) is 54.6 Å². The second-order valence-electron chi connectivity index (χ2n) is 7.47. The lowest BCUT2D eigenvalue weighted by Gasteiger charge is -2.40. The van der Waals surface area contributed by atoms with E-state index in [0.717, 1.165) is 11.1 Å². The lowest BCUT2D eigenvalue weighted by molar-refractivity contribution is -0.148. The molecule has 144 valence electrons. The van der Waals surface area contributed by atoms with E-state index in [9.17, 15) is 19.5 Å². The number of carboxylic acids is 1. The number of aliphatic carboxylic acids is 1. The number of fused-ring (bicyclic) bond motifs is 1. The van der Waals surface area contributed by atoms with Gasteiger partial charge in [0.15, 0.2) is 0 Å². The highest BCUT2D eigenvalue weighted by Gasteiger charge is 2.45. The maximum Gasteiger partial charge on any atom is 0.314 e. The molecule has 0 saturated carbocycles. The van der Waals surface area contributed by atoms with Gasteiger partial charge in [0, 0.05) is 25.2 Å². The van der Waals surface area contributed by atoms with Crippen molar-refractivity contribution in [1.29, 1.82) is 0 Å². The second kappa shape index (κ2) is 7.11. The molecule has 2 amide bonds. The summed E-state index contributed by atoms with van der Waals surface area (Å²) in [6, 6.07) is 16.6. The highest BCUT2D eigenvalue weighted by molar-refractivity contribution is 6.01. The normalized spacial score (nSPS) is 20.8. The molecule has 28 heavy (non-hydrogen) atoms. The number of carboxylic acid groups (broad SMARTS) is 1. The second-order valence-corrected chi connectivity index (χ2v) is 7.47. The smallest absolute Gasteiger partial charge is 0.314 e. The van der Waals surface area contributed by atoms with Crippen LogP contribution >= 0.6 is 0 Å². The van der Waals surface area contributed by atoms with Gasteiger partial charge in [-0.1, -0.05) is 48.5 Å². The molecule has 2 aliphatic rings. The van der Waals surface area contributed by atoms with Gasteiger partial charge in [-0.15, -0.1) is 0 Å². The first-order valence-corrected chi connectivity index (χ1v) is 9.48. The minimum absolute atomic E-state index is 0.102. The van der Waals surface area contributed by atoms with Crippen LogP contribution < -0.4 is 5.32 Å². The summed E-state index contributed by atoms with van der Waals surface area (Å²) in [6.45, 7) is 0.723. The van der Waals surface area contributed by atoms with E-state index >= 15 is 0 Å². The van der Waals surface area contributed by atoms with Crippen molar-refractivity contribution in [2.75, 3.05) is 18.4 Å². The standard InChI is InChI=1S/C22H22N2O4/c25-19-14-17(16-8-4-5-9-18(16)23-19)20(26)24-12-10-22(11-13-24,21(27)28)15-6-2-1-3-7-15/h1-9,17H,10-14H2,(H,23,25)(H,27,28). The number of carbonyl (C=O) groups excluding carboxylic acids is 2. The number of rotatable bonds is 3. The van der Waals surface area contributed by atoms with E-state index in [0.29, 0.717) is 31.6 Å². The number of para-hydroxylation sites is 1. The average molecular weight is 378 g/mol. The van der Waals surface area contributed by atoms with Gasteiger partial charge >= 0.3 is 5.97 Å². The molecule has 6 nitrogen and oxygen atoms in total. The van der Waals surface area contributed by atoms with Crippen LogP contribution in [0.1, 0.15) is 36.3 Å². The minimum Gasteiger partial charge on any atom is -0.481 e. The fraction of sp³-hybridized carbons (Fsp3) is 0.318. The maximum absolute atomic E-state index is 13.2. The van der Waals surface area contributed by atoms with Crippen LogP contribution in [0, 0.1) is 0 Å². The molecule has 1 fully saturated rings. The number of anilines is 1. The van der Waals surface area contributed by atoms with Gasteiger partial charge in [0.25, 0.3) is 0 Å². The molecule has 2 aromatic rings. The van der Waals surface area contributed by atoms with Crippen molar-refractivity contribution in [3.63, 3.8) is 0 Å². The Kier molecular flexibility index (Phi) is 4.63. The lowest BCUT2D eigenvalue weighted by Crippen LogP contribution is -2.50. The molecule has 1 atom stereocenters. The van der Waals surface area contributed by atoms with E-state index in [1.165, 1.54) is 0 Å². The molecule has 4 rings (SSSR count). The van der Waals surface area contributed by atoms with Crippen molar-refractivity contribution < 1.29 is 19.5 Å². The van der Waals surface area contributed by atoms with Crippen molar-refractivity contribution in [3.8, 4) is 0 Å². The van der Waals surface area contributed by atoms with Crippen LogP contribution in [-0.2, 0) is 19.8 Å². The first-order chi connectivity index (χ1) is 13.5. The van der Waals surface area contributed by atoms with Crippen molar-refractivity contribution in [2.45, 2.75) is 30.6 Å². The number of nitrogens with one attached hydrogen (secondary N) is 1. The minimum atomic E-state index is -0.972. The van der Waals surface area contributed by atoms with E-state index in [2.05, 4.69) is 5.32 Å². The third-order valence-corrected chi connectivity index (χ3v) is 5.96.